The predicted octanol–water partition coefficient (Wildman–Crippen LogP) is 4.50. The van der Waals surface area contributed by atoms with E-state index in [0.29, 0.717) is 18.6 Å². The summed E-state index contributed by atoms with van der Waals surface area (Å²) in [6.45, 7) is 0.531. The Morgan fingerprint density at radius 3 is 2.58 bits per heavy atom. The van der Waals surface area contributed by atoms with Crippen LogP contribution in [0.25, 0.3) is 0 Å². The number of ketones is 1. The van der Waals surface area contributed by atoms with Crippen molar-refractivity contribution in [2.75, 3.05) is 13.7 Å². The highest BCUT2D eigenvalue weighted by Gasteiger charge is 2.19. The Morgan fingerprint density at radius 2 is 1.88 bits per heavy atom. The molecular weight excluding hydrogens is 454 g/mol. The van der Waals surface area contributed by atoms with Crippen LogP contribution in [0.1, 0.15) is 33.5 Å². The third kappa shape index (κ3) is 5.83. The summed E-state index contributed by atoms with van der Waals surface area (Å²) >= 11 is 6.02. The highest BCUT2D eigenvalue weighted by atomic mass is 35.5. The van der Waals surface area contributed by atoms with Crippen LogP contribution in [-0.2, 0) is 17.9 Å². The van der Waals surface area contributed by atoms with E-state index in [9.17, 15) is 23.6 Å². The molecule has 0 unspecified atom stereocenters. The maximum atomic E-state index is 14.0. The maximum Gasteiger partial charge on any atom is 0.268 e. The van der Waals surface area contributed by atoms with Crippen molar-refractivity contribution in [3.63, 3.8) is 0 Å². The van der Waals surface area contributed by atoms with Gasteiger partial charge in [0.05, 0.1) is 10.6 Å². The van der Waals surface area contributed by atoms with E-state index in [-0.39, 0.29) is 40.6 Å². The minimum absolute atomic E-state index is 0.0267. The summed E-state index contributed by atoms with van der Waals surface area (Å²) in [6.07, 6.45) is 1.82. The zero-order chi connectivity index (χ0) is 24.0. The van der Waals surface area contributed by atoms with Crippen molar-refractivity contribution in [1.29, 1.82) is 5.26 Å². The fourth-order valence-corrected chi connectivity index (χ4v) is 3.36. The van der Waals surface area contributed by atoms with Crippen molar-refractivity contribution >= 4 is 17.4 Å². The molecule has 0 fully saturated rings. The van der Waals surface area contributed by atoms with Crippen LogP contribution in [0.2, 0.25) is 5.02 Å². The van der Waals surface area contributed by atoms with Gasteiger partial charge >= 0.3 is 0 Å². The fraction of sp³-hybridized carbons (Fsp3) is 0.208. The van der Waals surface area contributed by atoms with Gasteiger partial charge in [0.1, 0.15) is 35.6 Å². The summed E-state index contributed by atoms with van der Waals surface area (Å²) in [5.41, 5.74) is -0.348. The van der Waals surface area contributed by atoms with Crippen LogP contribution in [0.4, 0.5) is 8.78 Å². The highest BCUT2D eigenvalue weighted by Crippen LogP contribution is 2.26. The Bertz CT molecular complexity index is 1280. The second-order valence-electron chi connectivity index (χ2n) is 7.09. The number of halogens is 3. The number of ether oxygens (including phenoxy) is 2. The van der Waals surface area contributed by atoms with Crippen molar-refractivity contribution in [3.8, 4) is 11.8 Å². The molecule has 0 aliphatic heterocycles. The number of benzene rings is 2. The summed E-state index contributed by atoms with van der Waals surface area (Å²) in [4.78, 5) is 25.6. The topological polar surface area (TPSA) is 81.3 Å². The van der Waals surface area contributed by atoms with E-state index in [0.717, 1.165) is 18.2 Å². The van der Waals surface area contributed by atoms with Gasteiger partial charge in [0.15, 0.2) is 5.78 Å². The Hall–Kier alpha value is -3.54. The number of pyridine rings is 1. The molecule has 2 aromatic carbocycles. The molecule has 6 nitrogen and oxygen atoms in total. The average Bonchev–Trinajstić information content (AvgIpc) is 2.80. The largest absolute Gasteiger partial charge is 0.488 e. The molecule has 0 aliphatic carbocycles. The molecule has 0 saturated carbocycles. The molecule has 0 spiro atoms. The number of hydrogen-bond acceptors (Lipinski definition) is 5. The summed E-state index contributed by atoms with van der Waals surface area (Å²) in [6, 6.07) is 10.2. The van der Waals surface area contributed by atoms with Gasteiger partial charge in [-0.2, -0.15) is 5.26 Å². The molecule has 0 saturated heterocycles. The van der Waals surface area contributed by atoms with Gasteiger partial charge in [-0.25, -0.2) is 8.78 Å². The number of carbonyl (C=O) groups is 1. The van der Waals surface area contributed by atoms with Crippen molar-refractivity contribution in [3.05, 3.63) is 97.9 Å². The second kappa shape index (κ2) is 10.9. The molecule has 0 radical (unpaired) electrons. The third-order valence-electron chi connectivity index (χ3n) is 4.80. The first-order chi connectivity index (χ1) is 15.8. The minimum Gasteiger partial charge on any atom is -0.488 e. The number of aromatic nitrogens is 1. The van der Waals surface area contributed by atoms with E-state index < -0.39 is 23.0 Å². The Morgan fingerprint density at radius 1 is 1.15 bits per heavy atom. The lowest BCUT2D eigenvalue weighted by Crippen LogP contribution is -2.24. The van der Waals surface area contributed by atoms with Crippen LogP contribution in [-0.4, -0.2) is 24.1 Å². The number of hydrogen-bond donors (Lipinski definition) is 0. The molecule has 0 aliphatic rings. The Kier molecular flexibility index (Phi) is 7.93. The van der Waals surface area contributed by atoms with E-state index in [2.05, 4.69) is 0 Å². The number of rotatable bonds is 9. The lowest BCUT2D eigenvalue weighted by Gasteiger charge is -2.13. The molecular formula is C24H19ClF2N2O4. The number of carbonyl (C=O) groups excluding carboxylic acids is 1. The van der Waals surface area contributed by atoms with E-state index in [1.807, 2.05) is 0 Å². The van der Waals surface area contributed by atoms with Crippen molar-refractivity contribution in [2.45, 2.75) is 19.6 Å². The van der Waals surface area contributed by atoms with Crippen LogP contribution < -0.4 is 10.3 Å². The molecule has 0 amide bonds. The molecule has 1 aromatic heterocycles. The van der Waals surface area contributed by atoms with Crippen LogP contribution >= 0.6 is 11.6 Å². The van der Waals surface area contributed by atoms with Gasteiger partial charge in [0.25, 0.3) is 5.56 Å². The quantitative estimate of drug-likeness (QED) is 0.338. The molecule has 0 atom stereocenters. The van der Waals surface area contributed by atoms with Gasteiger partial charge in [-0.3, -0.25) is 9.59 Å². The molecule has 170 valence electrons. The summed E-state index contributed by atoms with van der Waals surface area (Å²) in [7, 11) is 1.52. The number of methoxy groups -OCH3 is 1. The predicted molar refractivity (Wildman–Crippen MR) is 117 cm³/mol. The highest BCUT2D eigenvalue weighted by molar-refractivity contribution is 6.31. The Labute approximate surface area is 193 Å². The molecule has 3 aromatic rings. The normalized spacial score (nSPS) is 10.6. The van der Waals surface area contributed by atoms with Crippen LogP contribution in [0, 0.1) is 23.0 Å². The van der Waals surface area contributed by atoms with Gasteiger partial charge in [0.2, 0.25) is 0 Å². The van der Waals surface area contributed by atoms with E-state index in [4.69, 9.17) is 21.1 Å². The minimum atomic E-state index is -0.667. The zero-order valence-corrected chi connectivity index (χ0v) is 18.4. The maximum absolute atomic E-state index is 14.0. The van der Waals surface area contributed by atoms with Crippen LogP contribution in [0.3, 0.4) is 0 Å². The summed E-state index contributed by atoms with van der Waals surface area (Å²) in [5, 5.41) is 9.47. The molecule has 33 heavy (non-hydrogen) atoms. The SMILES string of the molecule is COCCCn1cc(C(=O)c2cc(F)ccc2OCc2ccc(F)cc2Cl)cc(C#N)c1=O. The fourth-order valence-electron chi connectivity index (χ4n) is 3.14. The standard InChI is InChI=1S/C24H19ClF2N2O4/c1-32-8-2-7-29-13-17(9-16(12-28)24(29)31)23(30)20-10-18(26)5-6-22(20)33-14-15-3-4-19(27)11-21(15)25/h3-6,9-11,13H,2,7-8,14H2,1H3. The van der Waals surface area contributed by atoms with E-state index in [1.54, 1.807) is 6.07 Å². The van der Waals surface area contributed by atoms with Crippen LogP contribution in [0.15, 0.2) is 53.5 Å². The van der Waals surface area contributed by atoms with Gasteiger partial charge < -0.3 is 14.0 Å². The lowest BCUT2D eigenvalue weighted by molar-refractivity contribution is 0.103. The average molecular weight is 473 g/mol. The molecule has 9 heteroatoms. The van der Waals surface area contributed by atoms with Crippen molar-refractivity contribution in [1.82, 2.24) is 4.57 Å². The lowest BCUT2D eigenvalue weighted by atomic mass is 10.0. The van der Waals surface area contributed by atoms with Gasteiger partial charge in [-0.15, -0.1) is 0 Å². The number of aryl methyl sites for hydroxylation is 1. The monoisotopic (exact) mass is 472 g/mol. The third-order valence-corrected chi connectivity index (χ3v) is 5.15. The van der Waals surface area contributed by atoms with Crippen molar-refractivity contribution in [2.24, 2.45) is 0 Å². The smallest absolute Gasteiger partial charge is 0.268 e. The summed E-state index contributed by atoms with van der Waals surface area (Å²) in [5.74, 6) is -1.74. The first-order valence-electron chi connectivity index (χ1n) is 9.88. The number of nitrogens with zero attached hydrogens (tertiary/aromatic N) is 2. The molecule has 0 bridgehead atoms. The zero-order valence-electron chi connectivity index (χ0n) is 17.6. The molecule has 1 heterocycles. The second-order valence-corrected chi connectivity index (χ2v) is 7.50. The first-order valence-corrected chi connectivity index (χ1v) is 10.3. The van der Waals surface area contributed by atoms with E-state index in [1.165, 1.54) is 42.1 Å². The molecule has 0 N–H and O–H groups in total. The van der Waals surface area contributed by atoms with Crippen LogP contribution in [0.5, 0.6) is 5.75 Å². The summed E-state index contributed by atoms with van der Waals surface area (Å²) < 4.78 is 39.2. The van der Waals surface area contributed by atoms with Crippen molar-refractivity contribution < 1.29 is 23.0 Å². The first kappa shape index (κ1) is 24.1. The van der Waals surface area contributed by atoms with Gasteiger partial charge in [-0.1, -0.05) is 17.7 Å². The van der Waals surface area contributed by atoms with E-state index >= 15 is 0 Å². The molecule has 3 rings (SSSR count). The number of nitriles is 1. The van der Waals surface area contributed by atoms with Gasteiger partial charge in [0, 0.05) is 37.6 Å². The van der Waals surface area contributed by atoms with Gasteiger partial charge in [-0.05, 0) is 42.8 Å². The Balaban J connectivity index is 1.95.